The quantitative estimate of drug-likeness (QED) is 0.710. The highest BCUT2D eigenvalue weighted by Gasteiger charge is 2.31. The minimum Gasteiger partial charge on any atom is -0.339 e. The van der Waals surface area contributed by atoms with Gasteiger partial charge in [0.25, 0.3) is 0 Å². The number of nitriles is 1. The van der Waals surface area contributed by atoms with Gasteiger partial charge >= 0.3 is 0 Å². The van der Waals surface area contributed by atoms with Gasteiger partial charge in [-0.1, -0.05) is 23.7 Å². The first-order valence-corrected chi connectivity index (χ1v) is 9.26. The normalized spacial score (nSPS) is 16.2. The average Bonchev–Trinajstić information content (AvgIpc) is 2.55. The number of halogens is 1. The largest absolute Gasteiger partial charge is 0.339 e. The number of sulfonamides is 1. The molecule has 7 nitrogen and oxygen atoms in total. The van der Waals surface area contributed by atoms with E-state index in [0.29, 0.717) is 13.1 Å². The highest BCUT2D eigenvalue weighted by molar-refractivity contribution is 7.89. The Bertz CT molecular complexity index is 739. The molecule has 130 valence electrons. The molecule has 1 saturated heterocycles. The van der Waals surface area contributed by atoms with E-state index in [9.17, 15) is 13.2 Å². The van der Waals surface area contributed by atoms with E-state index in [0.717, 1.165) is 0 Å². The van der Waals surface area contributed by atoms with Crippen molar-refractivity contribution in [2.45, 2.75) is 4.90 Å². The fraction of sp³-hybridized carbons (Fsp3) is 0.467. The molecule has 0 aliphatic carbocycles. The van der Waals surface area contributed by atoms with Crippen molar-refractivity contribution in [3.05, 3.63) is 29.3 Å². The van der Waals surface area contributed by atoms with Crippen LogP contribution in [0.5, 0.6) is 0 Å². The van der Waals surface area contributed by atoms with Gasteiger partial charge in [0, 0.05) is 26.2 Å². The first kappa shape index (κ1) is 18.7. The fourth-order valence-corrected chi connectivity index (χ4v) is 4.39. The minimum atomic E-state index is -3.66. The second-order valence-electron chi connectivity index (χ2n) is 5.55. The van der Waals surface area contributed by atoms with Gasteiger partial charge in [0.1, 0.15) is 4.90 Å². The molecular weight excluding hydrogens is 352 g/mol. The van der Waals surface area contributed by atoms with Crippen LogP contribution >= 0.6 is 11.6 Å². The third-order valence-corrected chi connectivity index (χ3v) is 6.19. The predicted molar refractivity (Wildman–Crippen MR) is 89.9 cm³/mol. The Labute approximate surface area is 147 Å². The molecule has 0 saturated carbocycles. The Morgan fingerprint density at radius 2 is 1.92 bits per heavy atom. The van der Waals surface area contributed by atoms with Crippen LogP contribution in [0.4, 0.5) is 0 Å². The number of hydrogen-bond acceptors (Lipinski definition) is 5. The monoisotopic (exact) mass is 370 g/mol. The highest BCUT2D eigenvalue weighted by atomic mass is 35.5. The van der Waals surface area contributed by atoms with E-state index in [1.165, 1.54) is 10.4 Å². The van der Waals surface area contributed by atoms with Crippen LogP contribution in [0.15, 0.2) is 29.2 Å². The van der Waals surface area contributed by atoms with E-state index in [1.807, 2.05) is 6.07 Å². The molecule has 1 amide bonds. The van der Waals surface area contributed by atoms with Crippen LogP contribution in [0, 0.1) is 11.3 Å². The second-order valence-corrected chi connectivity index (χ2v) is 7.86. The Kier molecular flexibility index (Phi) is 6.18. The number of rotatable bonds is 5. The summed E-state index contributed by atoms with van der Waals surface area (Å²) >= 11 is 5.99. The van der Waals surface area contributed by atoms with Gasteiger partial charge < -0.3 is 4.90 Å². The Hall–Kier alpha value is -1.66. The fourth-order valence-electron chi connectivity index (χ4n) is 2.48. The van der Waals surface area contributed by atoms with Crippen LogP contribution in [0.2, 0.25) is 5.02 Å². The standard InChI is InChI=1S/C15H19ClN4O3S/c1-18(7-6-17)12-15(21)19-8-10-20(11-9-19)24(22,23)14-5-3-2-4-13(14)16/h2-5H,7-12H2,1H3. The molecule has 1 heterocycles. The van der Waals surface area contributed by atoms with Crippen LogP contribution in [0.3, 0.4) is 0 Å². The molecule has 1 aromatic rings. The van der Waals surface area contributed by atoms with Crippen LogP contribution in [0.25, 0.3) is 0 Å². The van der Waals surface area contributed by atoms with Crippen molar-refractivity contribution < 1.29 is 13.2 Å². The summed E-state index contributed by atoms with van der Waals surface area (Å²) in [6, 6.07) is 8.31. The van der Waals surface area contributed by atoms with Crippen molar-refractivity contribution in [3.8, 4) is 6.07 Å². The van der Waals surface area contributed by atoms with E-state index >= 15 is 0 Å². The zero-order chi connectivity index (χ0) is 17.7. The first-order chi connectivity index (χ1) is 11.4. The van der Waals surface area contributed by atoms with Crippen molar-refractivity contribution in [2.24, 2.45) is 0 Å². The summed E-state index contributed by atoms with van der Waals surface area (Å²) in [6.45, 7) is 1.41. The van der Waals surface area contributed by atoms with Crippen LogP contribution in [-0.4, -0.2) is 74.7 Å². The van der Waals surface area contributed by atoms with E-state index < -0.39 is 10.0 Å². The second kappa shape index (κ2) is 7.94. The van der Waals surface area contributed by atoms with E-state index in [4.69, 9.17) is 16.9 Å². The van der Waals surface area contributed by atoms with E-state index in [-0.39, 0.29) is 42.0 Å². The molecule has 0 radical (unpaired) electrons. The maximum atomic E-state index is 12.6. The van der Waals surface area contributed by atoms with Crippen LogP contribution in [-0.2, 0) is 14.8 Å². The Balaban J connectivity index is 1.99. The maximum Gasteiger partial charge on any atom is 0.244 e. The van der Waals surface area contributed by atoms with Crippen molar-refractivity contribution in [2.75, 3.05) is 46.3 Å². The van der Waals surface area contributed by atoms with E-state index in [2.05, 4.69) is 0 Å². The molecule has 0 spiro atoms. The third kappa shape index (κ3) is 4.24. The third-order valence-electron chi connectivity index (χ3n) is 3.79. The lowest BCUT2D eigenvalue weighted by Gasteiger charge is -2.34. The molecule has 1 aliphatic heterocycles. The molecule has 24 heavy (non-hydrogen) atoms. The highest BCUT2D eigenvalue weighted by Crippen LogP contribution is 2.24. The van der Waals surface area contributed by atoms with Gasteiger partial charge in [0.05, 0.1) is 24.2 Å². The molecule has 0 unspecified atom stereocenters. The van der Waals surface area contributed by atoms with Gasteiger partial charge in [-0.05, 0) is 19.2 Å². The molecule has 9 heteroatoms. The van der Waals surface area contributed by atoms with Gasteiger partial charge in [0.2, 0.25) is 15.9 Å². The molecule has 0 atom stereocenters. The van der Waals surface area contributed by atoms with Crippen LogP contribution < -0.4 is 0 Å². The van der Waals surface area contributed by atoms with Gasteiger partial charge in [-0.15, -0.1) is 0 Å². The number of carbonyl (C=O) groups is 1. The van der Waals surface area contributed by atoms with Crippen molar-refractivity contribution in [3.63, 3.8) is 0 Å². The molecule has 1 aromatic carbocycles. The number of benzene rings is 1. The van der Waals surface area contributed by atoms with Crippen molar-refractivity contribution in [1.82, 2.24) is 14.1 Å². The molecule has 0 N–H and O–H groups in total. The lowest BCUT2D eigenvalue weighted by atomic mass is 10.3. The van der Waals surface area contributed by atoms with Gasteiger partial charge in [-0.2, -0.15) is 9.57 Å². The molecule has 1 aliphatic rings. The summed E-state index contributed by atoms with van der Waals surface area (Å²) in [5.74, 6) is -0.109. The van der Waals surface area contributed by atoms with Gasteiger partial charge in [-0.25, -0.2) is 8.42 Å². The first-order valence-electron chi connectivity index (χ1n) is 7.44. The Morgan fingerprint density at radius 1 is 1.29 bits per heavy atom. The van der Waals surface area contributed by atoms with Gasteiger partial charge in [-0.3, -0.25) is 9.69 Å². The Morgan fingerprint density at radius 3 is 2.50 bits per heavy atom. The number of likely N-dealkylation sites (N-methyl/N-ethyl adjacent to an activating group) is 1. The zero-order valence-corrected chi connectivity index (χ0v) is 14.9. The van der Waals surface area contributed by atoms with Crippen molar-refractivity contribution in [1.29, 1.82) is 5.26 Å². The number of hydrogen-bond donors (Lipinski definition) is 0. The lowest BCUT2D eigenvalue weighted by molar-refractivity contribution is -0.133. The summed E-state index contributed by atoms with van der Waals surface area (Å²) in [5.41, 5.74) is 0. The summed E-state index contributed by atoms with van der Waals surface area (Å²) < 4.78 is 26.6. The number of carbonyl (C=O) groups excluding carboxylic acids is 1. The minimum absolute atomic E-state index is 0.0835. The molecule has 2 rings (SSSR count). The average molecular weight is 371 g/mol. The summed E-state index contributed by atoms with van der Waals surface area (Å²) in [4.78, 5) is 15.5. The summed E-state index contributed by atoms with van der Waals surface area (Å²) in [6.07, 6.45) is 0. The maximum absolute atomic E-state index is 12.6. The lowest BCUT2D eigenvalue weighted by Crippen LogP contribution is -2.52. The summed E-state index contributed by atoms with van der Waals surface area (Å²) in [7, 11) is -1.97. The van der Waals surface area contributed by atoms with Gasteiger partial charge in [0.15, 0.2) is 0 Å². The molecule has 0 aromatic heterocycles. The van der Waals surface area contributed by atoms with Crippen LogP contribution in [0.1, 0.15) is 0 Å². The molecule has 0 bridgehead atoms. The van der Waals surface area contributed by atoms with E-state index in [1.54, 1.807) is 35.0 Å². The van der Waals surface area contributed by atoms with Crippen molar-refractivity contribution >= 4 is 27.5 Å². The molecular formula is C15H19ClN4O3S. The smallest absolute Gasteiger partial charge is 0.244 e. The molecule has 1 fully saturated rings. The SMILES string of the molecule is CN(CC#N)CC(=O)N1CCN(S(=O)(=O)c2ccccc2Cl)CC1. The number of nitrogens with zero attached hydrogens (tertiary/aromatic N) is 4. The topological polar surface area (TPSA) is 84.7 Å². The summed E-state index contributed by atoms with van der Waals surface area (Å²) in [5, 5.41) is 8.80. The number of amides is 1. The number of piperazine rings is 1. The predicted octanol–water partition coefficient (Wildman–Crippen LogP) is 0.628. The zero-order valence-electron chi connectivity index (χ0n) is 13.4.